The number of ketones is 2. The van der Waals surface area contributed by atoms with Gasteiger partial charge in [0.15, 0.2) is 0 Å². The fourth-order valence-electron chi connectivity index (χ4n) is 1.10. The number of carbonyl (C=O) groups excluding carboxylic acids is 3. The van der Waals surface area contributed by atoms with Crippen LogP contribution in [0.3, 0.4) is 0 Å². The van der Waals surface area contributed by atoms with Crippen LogP contribution < -0.4 is 0 Å². The minimum Gasteiger partial charge on any atom is -0.462 e. The van der Waals surface area contributed by atoms with Crippen LogP contribution in [-0.4, -0.2) is 47.1 Å². The first-order valence-corrected chi connectivity index (χ1v) is 5.40. The van der Waals surface area contributed by atoms with Gasteiger partial charge < -0.3 is 14.9 Å². The average Bonchev–Trinajstić information content (AvgIpc) is 2.31. The molecule has 2 N–H and O–H groups in total. The van der Waals surface area contributed by atoms with Gasteiger partial charge in [-0.25, -0.2) is 0 Å². The first-order valence-electron chi connectivity index (χ1n) is 5.40. The molecular formula is C11H18O6. The highest BCUT2D eigenvalue weighted by molar-refractivity contribution is 6.01. The van der Waals surface area contributed by atoms with E-state index in [2.05, 4.69) is 4.74 Å². The van der Waals surface area contributed by atoms with Crippen LogP contribution in [0.5, 0.6) is 0 Å². The summed E-state index contributed by atoms with van der Waals surface area (Å²) in [7, 11) is 0. The number of esters is 1. The Morgan fingerprint density at radius 2 is 1.88 bits per heavy atom. The molecule has 17 heavy (non-hydrogen) atoms. The first-order chi connectivity index (χ1) is 7.92. The summed E-state index contributed by atoms with van der Waals surface area (Å²) in [6.07, 6.45) is -1.11. The molecule has 0 heterocycles. The summed E-state index contributed by atoms with van der Waals surface area (Å²) >= 11 is 0. The molecule has 0 saturated heterocycles. The van der Waals surface area contributed by atoms with Crippen LogP contribution in [-0.2, 0) is 19.1 Å². The second-order valence-corrected chi connectivity index (χ2v) is 3.73. The third-order valence-electron chi connectivity index (χ3n) is 2.23. The third-order valence-corrected chi connectivity index (χ3v) is 2.23. The zero-order chi connectivity index (χ0) is 13.4. The van der Waals surface area contributed by atoms with Crippen LogP contribution in [0.25, 0.3) is 0 Å². The smallest absolute Gasteiger partial charge is 0.317 e. The van der Waals surface area contributed by atoms with Gasteiger partial charge in [0, 0.05) is 12.8 Å². The molecule has 0 saturated carbocycles. The average molecular weight is 246 g/mol. The molecule has 0 aromatic rings. The number of aliphatic hydroxyl groups excluding tert-OH is 2. The highest BCUT2D eigenvalue weighted by Gasteiger charge is 2.27. The van der Waals surface area contributed by atoms with Crippen molar-refractivity contribution in [3.8, 4) is 0 Å². The van der Waals surface area contributed by atoms with Gasteiger partial charge >= 0.3 is 5.97 Å². The maximum absolute atomic E-state index is 11.5. The van der Waals surface area contributed by atoms with Crippen molar-refractivity contribution in [1.29, 1.82) is 0 Å². The molecule has 6 nitrogen and oxygen atoms in total. The van der Waals surface area contributed by atoms with Crippen LogP contribution in [0, 0.1) is 5.92 Å². The van der Waals surface area contributed by atoms with E-state index in [1.807, 2.05) is 0 Å². The highest BCUT2D eigenvalue weighted by Crippen LogP contribution is 2.10. The zero-order valence-electron chi connectivity index (χ0n) is 10.0. The Hall–Kier alpha value is -1.27. The van der Waals surface area contributed by atoms with Crippen LogP contribution in [0.1, 0.15) is 26.7 Å². The van der Waals surface area contributed by atoms with Crippen molar-refractivity contribution >= 4 is 17.5 Å². The van der Waals surface area contributed by atoms with Crippen molar-refractivity contribution in [2.24, 2.45) is 5.92 Å². The van der Waals surface area contributed by atoms with Crippen LogP contribution in [0.2, 0.25) is 0 Å². The molecule has 0 aliphatic carbocycles. The van der Waals surface area contributed by atoms with Gasteiger partial charge in [-0.05, 0) is 6.92 Å². The van der Waals surface area contributed by atoms with Crippen molar-refractivity contribution in [2.75, 3.05) is 13.2 Å². The van der Waals surface area contributed by atoms with Gasteiger partial charge in [0.25, 0.3) is 0 Å². The van der Waals surface area contributed by atoms with E-state index in [1.165, 1.54) is 6.92 Å². The van der Waals surface area contributed by atoms with E-state index in [0.29, 0.717) is 0 Å². The van der Waals surface area contributed by atoms with Gasteiger partial charge in [0.2, 0.25) is 0 Å². The summed E-state index contributed by atoms with van der Waals surface area (Å²) in [6.45, 7) is 1.92. The predicted octanol–water partition coefficient (Wildman–Crippen LogP) is -0.543. The molecular weight excluding hydrogens is 228 g/mol. The molecule has 0 aromatic heterocycles. The van der Waals surface area contributed by atoms with Gasteiger partial charge in [0.1, 0.15) is 30.2 Å². The monoisotopic (exact) mass is 246 g/mol. The second-order valence-electron chi connectivity index (χ2n) is 3.73. The fraction of sp³-hybridized carbons (Fsp3) is 0.727. The Balaban J connectivity index is 4.35. The molecule has 2 unspecified atom stereocenters. The molecule has 6 heteroatoms. The minimum atomic E-state index is -1.17. The van der Waals surface area contributed by atoms with Gasteiger partial charge in [-0.2, -0.15) is 0 Å². The lowest BCUT2D eigenvalue weighted by molar-refractivity contribution is -0.156. The van der Waals surface area contributed by atoms with E-state index in [0.717, 1.165) is 0 Å². The minimum absolute atomic E-state index is 0.181. The standard InChI is InChI=1S/C11H18O6/c1-3-8(14)4-10(7(2)13)11(16)17-6-9(15)5-12/h9-10,12,15H,3-6H2,1-2H3. The van der Waals surface area contributed by atoms with Crippen molar-refractivity contribution < 1.29 is 29.3 Å². The van der Waals surface area contributed by atoms with Gasteiger partial charge in [0.05, 0.1) is 6.61 Å². The first kappa shape index (κ1) is 15.7. The van der Waals surface area contributed by atoms with E-state index in [4.69, 9.17) is 10.2 Å². The van der Waals surface area contributed by atoms with Crippen molar-refractivity contribution in [3.63, 3.8) is 0 Å². The van der Waals surface area contributed by atoms with Crippen molar-refractivity contribution in [1.82, 2.24) is 0 Å². The van der Waals surface area contributed by atoms with Gasteiger partial charge in [-0.15, -0.1) is 0 Å². The molecule has 0 bridgehead atoms. The van der Waals surface area contributed by atoms with E-state index in [9.17, 15) is 14.4 Å². The van der Waals surface area contributed by atoms with Gasteiger partial charge in [-0.3, -0.25) is 14.4 Å². The third kappa shape index (κ3) is 6.13. The molecule has 98 valence electrons. The van der Waals surface area contributed by atoms with Crippen molar-refractivity contribution in [2.45, 2.75) is 32.8 Å². The Bertz CT molecular complexity index is 286. The largest absolute Gasteiger partial charge is 0.462 e. The quantitative estimate of drug-likeness (QED) is 0.440. The Morgan fingerprint density at radius 3 is 2.29 bits per heavy atom. The maximum atomic E-state index is 11.5. The van der Waals surface area contributed by atoms with Crippen LogP contribution >= 0.6 is 0 Å². The van der Waals surface area contributed by atoms with E-state index >= 15 is 0 Å². The number of hydrogen-bond donors (Lipinski definition) is 2. The van der Waals surface area contributed by atoms with Crippen LogP contribution in [0.15, 0.2) is 0 Å². The Morgan fingerprint density at radius 1 is 1.29 bits per heavy atom. The molecule has 0 aliphatic heterocycles. The number of hydrogen-bond acceptors (Lipinski definition) is 6. The summed E-state index contributed by atoms with van der Waals surface area (Å²) in [6, 6.07) is 0. The number of carbonyl (C=O) groups is 3. The molecule has 0 aromatic carbocycles. The number of Topliss-reactive ketones (excluding diaryl/α,β-unsaturated/α-hetero) is 2. The summed E-state index contributed by atoms with van der Waals surface area (Å²) < 4.78 is 4.64. The molecule has 0 spiro atoms. The van der Waals surface area contributed by atoms with E-state index < -0.39 is 30.4 Å². The summed E-state index contributed by atoms with van der Waals surface area (Å²) in [5, 5.41) is 17.5. The number of aliphatic hydroxyl groups is 2. The highest BCUT2D eigenvalue weighted by atomic mass is 16.5. The summed E-state index contributed by atoms with van der Waals surface area (Å²) in [5.41, 5.74) is 0. The maximum Gasteiger partial charge on any atom is 0.317 e. The number of rotatable bonds is 8. The lowest BCUT2D eigenvalue weighted by Gasteiger charge is -2.13. The fourth-order valence-corrected chi connectivity index (χ4v) is 1.10. The predicted molar refractivity (Wildman–Crippen MR) is 58.1 cm³/mol. The topological polar surface area (TPSA) is 101 Å². The molecule has 0 amide bonds. The Kier molecular flexibility index (Phi) is 7.32. The SMILES string of the molecule is CCC(=O)CC(C(C)=O)C(=O)OCC(O)CO. The molecule has 0 aliphatic rings. The van der Waals surface area contributed by atoms with E-state index in [-0.39, 0.29) is 25.2 Å². The normalized spacial score (nSPS) is 13.9. The molecule has 2 atom stereocenters. The molecule has 0 rings (SSSR count). The molecule has 0 fully saturated rings. The van der Waals surface area contributed by atoms with E-state index in [1.54, 1.807) is 6.92 Å². The molecule has 0 radical (unpaired) electrons. The summed E-state index contributed by atoms with van der Waals surface area (Å²) in [4.78, 5) is 33.8. The zero-order valence-corrected chi connectivity index (χ0v) is 10.0. The number of ether oxygens (including phenoxy) is 1. The lowest BCUT2D eigenvalue weighted by atomic mass is 9.98. The lowest BCUT2D eigenvalue weighted by Crippen LogP contribution is -2.30. The Labute approximate surface area is 99.6 Å². The van der Waals surface area contributed by atoms with Crippen LogP contribution in [0.4, 0.5) is 0 Å². The van der Waals surface area contributed by atoms with Gasteiger partial charge in [-0.1, -0.05) is 6.92 Å². The summed E-state index contributed by atoms with van der Waals surface area (Å²) in [5.74, 6) is -2.61. The van der Waals surface area contributed by atoms with Crippen molar-refractivity contribution in [3.05, 3.63) is 0 Å². The second kappa shape index (κ2) is 7.92.